The first kappa shape index (κ1) is 12.5. The van der Waals surface area contributed by atoms with Gasteiger partial charge in [0.25, 0.3) is 0 Å². The van der Waals surface area contributed by atoms with Gasteiger partial charge in [0, 0.05) is 12.0 Å². The number of carbonyl (C=O) groups excluding carboxylic acids is 1. The van der Waals surface area contributed by atoms with Crippen LogP contribution in [-0.2, 0) is 6.18 Å². The van der Waals surface area contributed by atoms with Gasteiger partial charge in [-0.1, -0.05) is 24.3 Å². The van der Waals surface area contributed by atoms with E-state index in [1.807, 2.05) is 0 Å². The van der Waals surface area contributed by atoms with Gasteiger partial charge in [-0.25, -0.2) is 0 Å². The lowest BCUT2D eigenvalue weighted by atomic mass is 10.0. The highest BCUT2D eigenvalue weighted by Gasteiger charge is 2.30. The topological polar surface area (TPSA) is 17.1 Å². The van der Waals surface area contributed by atoms with E-state index in [1.165, 1.54) is 12.1 Å². The van der Waals surface area contributed by atoms with Gasteiger partial charge < -0.3 is 0 Å². The largest absolute Gasteiger partial charge is 0.416 e. The number of hydrogen-bond acceptors (Lipinski definition) is 1. The van der Waals surface area contributed by atoms with E-state index in [1.54, 1.807) is 6.92 Å². The number of alkyl halides is 3. The third kappa shape index (κ3) is 3.22. The molecule has 1 aromatic carbocycles. The summed E-state index contributed by atoms with van der Waals surface area (Å²) in [4.78, 5) is 11.5. The third-order valence-electron chi connectivity index (χ3n) is 1.97. The average Bonchev–Trinajstić information content (AvgIpc) is 2.15. The maximum absolute atomic E-state index is 12.4. The van der Waals surface area contributed by atoms with Crippen LogP contribution in [0.15, 0.2) is 36.4 Å². The second kappa shape index (κ2) is 4.51. The number of hydrogen-bond donors (Lipinski definition) is 0. The van der Waals surface area contributed by atoms with Gasteiger partial charge in [-0.2, -0.15) is 13.2 Å². The summed E-state index contributed by atoms with van der Waals surface area (Å²) in [6.45, 7) is 5.21. The lowest BCUT2D eigenvalue weighted by Crippen LogP contribution is -2.07. The molecule has 0 unspecified atom stereocenters. The van der Waals surface area contributed by atoms with Crippen LogP contribution in [0.5, 0.6) is 0 Å². The Morgan fingerprint density at radius 2 is 2.00 bits per heavy atom. The van der Waals surface area contributed by atoms with Gasteiger partial charge in [0.2, 0.25) is 0 Å². The quantitative estimate of drug-likeness (QED) is 0.567. The van der Waals surface area contributed by atoms with Crippen molar-refractivity contribution in [2.24, 2.45) is 0 Å². The van der Waals surface area contributed by atoms with Crippen molar-refractivity contribution in [3.05, 3.63) is 47.5 Å². The van der Waals surface area contributed by atoms with E-state index >= 15 is 0 Å². The molecule has 0 spiro atoms. The van der Waals surface area contributed by atoms with Crippen LogP contribution < -0.4 is 0 Å². The SMILES string of the molecule is C=C(C)CC(=O)c1cccc(C(F)(F)F)c1. The van der Waals surface area contributed by atoms with Gasteiger partial charge in [-0.3, -0.25) is 4.79 Å². The average molecular weight is 228 g/mol. The van der Waals surface area contributed by atoms with Crippen molar-refractivity contribution >= 4 is 5.78 Å². The number of carbonyl (C=O) groups is 1. The molecule has 1 rings (SSSR count). The zero-order valence-electron chi connectivity index (χ0n) is 8.77. The predicted molar refractivity (Wildman–Crippen MR) is 55.2 cm³/mol. The molecule has 0 aliphatic rings. The minimum atomic E-state index is -4.42. The number of ketones is 1. The zero-order valence-corrected chi connectivity index (χ0v) is 8.77. The molecule has 1 aromatic rings. The minimum absolute atomic E-state index is 0.0674. The van der Waals surface area contributed by atoms with E-state index < -0.39 is 11.7 Å². The van der Waals surface area contributed by atoms with E-state index in [9.17, 15) is 18.0 Å². The summed E-state index contributed by atoms with van der Waals surface area (Å²) in [6.07, 6.45) is -4.35. The smallest absolute Gasteiger partial charge is 0.294 e. The van der Waals surface area contributed by atoms with Crippen LogP contribution in [0.25, 0.3) is 0 Å². The van der Waals surface area contributed by atoms with Gasteiger partial charge in [0.15, 0.2) is 5.78 Å². The van der Waals surface area contributed by atoms with Crippen LogP contribution in [-0.4, -0.2) is 5.78 Å². The molecule has 86 valence electrons. The maximum Gasteiger partial charge on any atom is 0.416 e. The number of rotatable bonds is 3. The Kier molecular flexibility index (Phi) is 3.52. The van der Waals surface area contributed by atoms with Crippen LogP contribution in [0, 0.1) is 0 Å². The van der Waals surface area contributed by atoms with Crippen LogP contribution in [0.1, 0.15) is 29.3 Å². The molecule has 0 fully saturated rings. The molecule has 0 saturated heterocycles. The summed E-state index contributed by atoms with van der Waals surface area (Å²) < 4.78 is 37.1. The second-order valence-corrected chi connectivity index (χ2v) is 3.64. The second-order valence-electron chi connectivity index (χ2n) is 3.64. The molecule has 0 heterocycles. The van der Waals surface area contributed by atoms with E-state index in [2.05, 4.69) is 6.58 Å². The monoisotopic (exact) mass is 228 g/mol. The summed E-state index contributed by atoms with van der Waals surface area (Å²) in [7, 11) is 0. The van der Waals surface area contributed by atoms with Gasteiger partial charge in [0.1, 0.15) is 0 Å². The summed E-state index contributed by atoms with van der Waals surface area (Å²) in [5.41, 5.74) is -0.111. The Hall–Kier alpha value is -1.58. The molecule has 0 aliphatic heterocycles. The zero-order chi connectivity index (χ0) is 12.3. The first-order valence-electron chi connectivity index (χ1n) is 4.65. The standard InChI is InChI=1S/C12H11F3O/c1-8(2)6-11(16)9-4-3-5-10(7-9)12(13,14)15/h3-5,7H,1,6H2,2H3. The first-order valence-corrected chi connectivity index (χ1v) is 4.65. The lowest BCUT2D eigenvalue weighted by Gasteiger charge is -2.08. The molecule has 4 heteroatoms. The molecule has 0 radical (unpaired) electrons. The Labute approximate surface area is 91.6 Å². The molecular formula is C12H11F3O. The number of halogens is 3. The van der Waals surface area contributed by atoms with Crippen molar-refractivity contribution in [3.63, 3.8) is 0 Å². The summed E-state index contributed by atoms with van der Waals surface area (Å²) in [5, 5.41) is 0. The van der Waals surface area contributed by atoms with Crippen molar-refractivity contribution in [2.75, 3.05) is 0 Å². The summed E-state index contributed by atoms with van der Waals surface area (Å²) in [5.74, 6) is -0.349. The Morgan fingerprint density at radius 1 is 1.38 bits per heavy atom. The normalized spacial score (nSPS) is 11.2. The van der Waals surface area contributed by atoms with E-state index in [4.69, 9.17) is 0 Å². The predicted octanol–water partition coefficient (Wildman–Crippen LogP) is 3.85. The number of benzene rings is 1. The van der Waals surface area contributed by atoms with Crippen LogP contribution in [0.2, 0.25) is 0 Å². The molecule has 0 bridgehead atoms. The highest BCUT2D eigenvalue weighted by molar-refractivity contribution is 5.97. The van der Waals surface area contributed by atoms with Crippen molar-refractivity contribution in [2.45, 2.75) is 19.5 Å². The van der Waals surface area contributed by atoms with Crippen LogP contribution >= 0.6 is 0 Å². The summed E-state index contributed by atoms with van der Waals surface area (Å²) in [6, 6.07) is 4.41. The van der Waals surface area contributed by atoms with Gasteiger partial charge >= 0.3 is 6.18 Å². The van der Waals surface area contributed by atoms with Crippen LogP contribution in [0.3, 0.4) is 0 Å². The third-order valence-corrected chi connectivity index (χ3v) is 1.97. The molecule has 1 nitrogen and oxygen atoms in total. The van der Waals surface area contributed by atoms with Crippen molar-refractivity contribution in [1.82, 2.24) is 0 Å². The fourth-order valence-electron chi connectivity index (χ4n) is 1.25. The highest BCUT2D eigenvalue weighted by Crippen LogP contribution is 2.29. The molecule has 16 heavy (non-hydrogen) atoms. The van der Waals surface area contributed by atoms with E-state index in [0.29, 0.717) is 5.57 Å². The highest BCUT2D eigenvalue weighted by atomic mass is 19.4. The van der Waals surface area contributed by atoms with Crippen molar-refractivity contribution in [1.29, 1.82) is 0 Å². The van der Waals surface area contributed by atoms with Crippen molar-refractivity contribution in [3.8, 4) is 0 Å². The minimum Gasteiger partial charge on any atom is -0.294 e. The molecule has 0 atom stereocenters. The first-order chi connectivity index (χ1) is 7.30. The van der Waals surface area contributed by atoms with E-state index in [0.717, 1.165) is 12.1 Å². The van der Waals surface area contributed by atoms with Crippen LogP contribution in [0.4, 0.5) is 13.2 Å². The van der Waals surface area contributed by atoms with Gasteiger partial charge in [0.05, 0.1) is 5.56 Å². The van der Waals surface area contributed by atoms with E-state index in [-0.39, 0.29) is 17.8 Å². The number of allylic oxidation sites excluding steroid dienone is 1. The fraction of sp³-hybridized carbons (Fsp3) is 0.250. The molecule has 0 aromatic heterocycles. The Balaban J connectivity index is 2.99. The maximum atomic E-state index is 12.4. The Morgan fingerprint density at radius 3 is 2.50 bits per heavy atom. The Bertz CT molecular complexity index is 419. The molecule has 0 N–H and O–H groups in total. The molecular weight excluding hydrogens is 217 g/mol. The van der Waals surface area contributed by atoms with Gasteiger partial charge in [-0.15, -0.1) is 0 Å². The van der Waals surface area contributed by atoms with Gasteiger partial charge in [-0.05, 0) is 19.1 Å². The molecule has 0 amide bonds. The summed E-state index contributed by atoms with van der Waals surface area (Å²) >= 11 is 0. The van der Waals surface area contributed by atoms with Crippen molar-refractivity contribution < 1.29 is 18.0 Å². The lowest BCUT2D eigenvalue weighted by molar-refractivity contribution is -0.137. The molecule has 0 aliphatic carbocycles. The number of Topliss-reactive ketones (excluding diaryl/α,β-unsaturated/α-hetero) is 1. The fourth-order valence-corrected chi connectivity index (χ4v) is 1.25. The molecule has 0 saturated carbocycles.